The molecule has 3 aromatic rings. The number of aliphatic hydroxyl groups is 1. The van der Waals surface area contributed by atoms with E-state index in [1.165, 1.54) is 29.8 Å². The lowest BCUT2D eigenvalue weighted by Gasteiger charge is -2.07. The second kappa shape index (κ2) is 5.74. The zero-order chi connectivity index (χ0) is 14.9. The van der Waals surface area contributed by atoms with Gasteiger partial charge in [0.25, 0.3) is 0 Å². The largest absolute Gasteiger partial charge is 0.465 e. The number of rotatable bonds is 3. The fourth-order valence-corrected chi connectivity index (χ4v) is 4.26. The van der Waals surface area contributed by atoms with Gasteiger partial charge in [0, 0.05) is 10.6 Å². The monoisotopic (exact) mass is 314 g/mol. The molecule has 0 aromatic carbocycles. The molecule has 0 amide bonds. The number of hydrogen-bond acceptors (Lipinski definition) is 4. The molecule has 0 aliphatic heterocycles. The number of aryl methyl sites for hydroxylation is 2. The number of imidazole rings is 1. The van der Waals surface area contributed by atoms with Gasteiger partial charge in [0.15, 0.2) is 4.96 Å². The third-order valence-corrected chi connectivity index (χ3v) is 5.33. The summed E-state index contributed by atoms with van der Waals surface area (Å²) in [7, 11) is 0. The molecule has 0 fully saturated rings. The van der Waals surface area contributed by atoms with Gasteiger partial charge in [0.2, 0.25) is 0 Å². The summed E-state index contributed by atoms with van der Waals surface area (Å²) in [5.41, 5.74) is 2.19. The van der Waals surface area contributed by atoms with Crippen molar-refractivity contribution in [2.24, 2.45) is 0 Å². The van der Waals surface area contributed by atoms with Gasteiger partial charge < -0.3 is 9.52 Å². The minimum Gasteiger partial charge on any atom is -0.465 e. The van der Waals surface area contributed by atoms with Crippen molar-refractivity contribution in [1.29, 1.82) is 0 Å². The number of thiazole rings is 1. The van der Waals surface area contributed by atoms with E-state index >= 15 is 0 Å². The molecule has 4 nitrogen and oxygen atoms in total. The Kier molecular flexibility index (Phi) is 3.60. The Labute approximate surface area is 132 Å². The van der Waals surface area contributed by atoms with Crippen LogP contribution in [-0.2, 0) is 12.8 Å². The van der Waals surface area contributed by atoms with E-state index in [4.69, 9.17) is 4.42 Å². The van der Waals surface area contributed by atoms with Crippen molar-refractivity contribution < 1.29 is 9.52 Å². The Morgan fingerprint density at radius 3 is 3.09 bits per heavy atom. The van der Waals surface area contributed by atoms with Crippen LogP contribution in [0.1, 0.15) is 47.4 Å². The van der Waals surface area contributed by atoms with Gasteiger partial charge in [-0.3, -0.25) is 4.40 Å². The molecule has 1 unspecified atom stereocenters. The van der Waals surface area contributed by atoms with Gasteiger partial charge >= 0.3 is 0 Å². The van der Waals surface area contributed by atoms with Gasteiger partial charge in [-0.1, -0.05) is 6.42 Å². The van der Waals surface area contributed by atoms with Gasteiger partial charge in [-0.2, -0.15) is 0 Å². The molecule has 114 valence electrons. The third-order valence-electron chi connectivity index (χ3n) is 4.17. The molecule has 0 radical (unpaired) electrons. The Morgan fingerprint density at radius 1 is 1.32 bits per heavy atom. The first-order valence-corrected chi connectivity index (χ1v) is 8.52. The fraction of sp³-hybridized carbons (Fsp3) is 0.353. The highest BCUT2D eigenvalue weighted by atomic mass is 32.1. The molecule has 1 aliphatic carbocycles. The van der Waals surface area contributed by atoms with Crippen LogP contribution in [-0.4, -0.2) is 14.5 Å². The molecule has 22 heavy (non-hydrogen) atoms. The maximum absolute atomic E-state index is 10.5. The molecule has 3 heterocycles. The highest BCUT2D eigenvalue weighted by Gasteiger charge is 2.20. The summed E-state index contributed by atoms with van der Waals surface area (Å²) in [6, 6.07) is 3.70. The first kappa shape index (κ1) is 13.8. The lowest BCUT2D eigenvalue weighted by molar-refractivity contribution is 0.223. The molecule has 0 saturated heterocycles. The lowest BCUT2D eigenvalue weighted by Crippen LogP contribution is -2.02. The quantitative estimate of drug-likeness (QED) is 0.743. The van der Waals surface area contributed by atoms with Crippen LogP contribution in [0.2, 0.25) is 0 Å². The lowest BCUT2D eigenvalue weighted by atomic mass is 10.2. The molecule has 3 aromatic heterocycles. The number of fused-ring (bicyclic) bond motifs is 3. The van der Waals surface area contributed by atoms with Crippen molar-refractivity contribution in [3.8, 4) is 0 Å². The summed E-state index contributed by atoms with van der Waals surface area (Å²) in [5, 5.41) is 10.5. The van der Waals surface area contributed by atoms with E-state index < -0.39 is 6.10 Å². The van der Waals surface area contributed by atoms with Crippen molar-refractivity contribution in [2.75, 3.05) is 0 Å². The summed E-state index contributed by atoms with van der Waals surface area (Å²) in [6.45, 7) is 0. The van der Waals surface area contributed by atoms with Crippen LogP contribution in [0.25, 0.3) is 11.0 Å². The van der Waals surface area contributed by atoms with Crippen LogP contribution < -0.4 is 0 Å². The third kappa shape index (κ3) is 2.40. The summed E-state index contributed by atoms with van der Waals surface area (Å²) >= 11 is 1.77. The van der Waals surface area contributed by atoms with Crippen LogP contribution >= 0.6 is 11.3 Å². The van der Waals surface area contributed by atoms with E-state index in [9.17, 15) is 5.11 Å². The topological polar surface area (TPSA) is 50.7 Å². The van der Waals surface area contributed by atoms with Gasteiger partial charge in [0.05, 0.1) is 18.2 Å². The Balaban J connectivity index is 1.70. The van der Waals surface area contributed by atoms with Crippen molar-refractivity contribution in [3.05, 3.63) is 52.7 Å². The number of hydrogen-bond donors (Lipinski definition) is 1. The van der Waals surface area contributed by atoms with E-state index in [1.54, 1.807) is 35.9 Å². The van der Waals surface area contributed by atoms with E-state index in [1.807, 2.05) is 12.1 Å². The summed E-state index contributed by atoms with van der Waals surface area (Å²) < 4.78 is 7.42. The number of furan rings is 1. The first-order chi connectivity index (χ1) is 10.8. The van der Waals surface area contributed by atoms with Crippen LogP contribution in [0, 0.1) is 0 Å². The van der Waals surface area contributed by atoms with Gasteiger partial charge in [-0.05, 0) is 50.0 Å². The van der Waals surface area contributed by atoms with Gasteiger partial charge in [-0.25, -0.2) is 4.98 Å². The zero-order valence-corrected chi connectivity index (χ0v) is 13.1. The molecule has 1 aliphatic rings. The highest BCUT2D eigenvalue weighted by molar-refractivity contribution is 7.17. The summed E-state index contributed by atoms with van der Waals surface area (Å²) in [4.78, 5) is 6.91. The van der Waals surface area contributed by atoms with E-state index in [-0.39, 0.29) is 0 Å². The number of nitrogens with zero attached hydrogens (tertiary/aromatic N) is 2. The van der Waals surface area contributed by atoms with E-state index in [0.29, 0.717) is 0 Å². The predicted octanol–water partition coefficient (Wildman–Crippen LogP) is 4.00. The van der Waals surface area contributed by atoms with Crippen molar-refractivity contribution in [1.82, 2.24) is 9.38 Å². The molecule has 0 saturated carbocycles. The molecule has 1 atom stereocenters. The Bertz CT molecular complexity index is 798. The van der Waals surface area contributed by atoms with E-state index in [0.717, 1.165) is 29.3 Å². The number of aliphatic hydroxyl groups excluding tert-OH is 1. The summed E-state index contributed by atoms with van der Waals surface area (Å²) in [5.74, 6) is 0.740. The van der Waals surface area contributed by atoms with Crippen molar-refractivity contribution in [3.63, 3.8) is 0 Å². The highest BCUT2D eigenvalue weighted by Crippen LogP contribution is 2.32. The average molecular weight is 314 g/mol. The SMILES string of the molecule is OC(/C=C/c1ccco1)c1cnc2sc3c(n12)CCCCC3. The molecular weight excluding hydrogens is 296 g/mol. The maximum Gasteiger partial charge on any atom is 0.194 e. The predicted molar refractivity (Wildman–Crippen MR) is 87.0 cm³/mol. The normalized spacial score (nSPS) is 17.0. The van der Waals surface area contributed by atoms with Crippen LogP contribution in [0.3, 0.4) is 0 Å². The van der Waals surface area contributed by atoms with Crippen LogP contribution in [0.5, 0.6) is 0 Å². The average Bonchev–Trinajstić information content (AvgIpc) is 3.20. The Hall–Kier alpha value is -1.85. The minimum absolute atomic E-state index is 0.679. The molecule has 0 spiro atoms. The van der Waals surface area contributed by atoms with Gasteiger partial charge in [0.1, 0.15) is 11.9 Å². The minimum atomic E-state index is -0.679. The van der Waals surface area contributed by atoms with Crippen LogP contribution in [0.4, 0.5) is 0 Å². The molecule has 5 heteroatoms. The van der Waals surface area contributed by atoms with Crippen molar-refractivity contribution in [2.45, 2.75) is 38.2 Å². The molecule has 4 rings (SSSR count). The zero-order valence-electron chi connectivity index (χ0n) is 12.2. The Morgan fingerprint density at radius 2 is 2.23 bits per heavy atom. The second-order valence-corrected chi connectivity index (χ2v) is 6.72. The first-order valence-electron chi connectivity index (χ1n) is 7.70. The summed E-state index contributed by atoms with van der Waals surface area (Å²) in [6.07, 6.45) is 12.3. The van der Waals surface area contributed by atoms with Gasteiger partial charge in [-0.15, -0.1) is 11.3 Å². The molecular formula is C17H18N2O2S. The van der Waals surface area contributed by atoms with Crippen LogP contribution in [0.15, 0.2) is 35.1 Å². The maximum atomic E-state index is 10.5. The van der Waals surface area contributed by atoms with Crippen molar-refractivity contribution >= 4 is 22.4 Å². The fourth-order valence-electron chi connectivity index (χ4n) is 3.06. The molecule has 0 bridgehead atoms. The smallest absolute Gasteiger partial charge is 0.194 e. The molecule has 1 N–H and O–H groups in total. The van der Waals surface area contributed by atoms with E-state index in [2.05, 4.69) is 9.38 Å². The second-order valence-electron chi connectivity index (χ2n) is 5.65. The number of aromatic nitrogens is 2. The standard InChI is InChI=1S/C17H18N2O2S/c20-15(9-8-12-5-4-10-21-12)14-11-18-17-19(14)13-6-2-1-3-7-16(13)22-17/h4-5,8-11,15,20H,1-3,6-7H2/b9-8+.